The Morgan fingerprint density at radius 1 is 1.14 bits per heavy atom. The van der Waals surface area contributed by atoms with Crippen LogP contribution < -0.4 is 5.32 Å². The topological polar surface area (TPSA) is 12.0 Å². The fourth-order valence-corrected chi connectivity index (χ4v) is 2.63. The van der Waals surface area contributed by atoms with Gasteiger partial charge in [0.25, 0.3) is 0 Å². The maximum Gasteiger partial charge on any atom is 0.123 e. The molecule has 2 aromatic carbocycles. The van der Waals surface area contributed by atoms with Crippen LogP contribution in [0, 0.1) is 12.7 Å². The van der Waals surface area contributed by atoms with Gasteiger partial charge in [-0.3, -0.25) is 0 Å². The van der Waals surface area contributed by atoms with E-state index in [9.17, 15) is 4.39 Å². The van der Waals surface area contributed by atoms with E-state index >= 15 is 0 Å². The molecule has 0 saturated carbocycles. The Morgan fingerprint density at radius 2 is 1.86 bits per heavy atom. The van der Waals surface area contributed by atoms with Crippen LogP contribution >= 0.6 is 11.6 Å². The second-order valence-electron chi connectivity index (χ2n) is 5.34. The molecule has 0 aliphatic carbocycles. The quantitative estimate of drug-likeness (QED) is 0.785. The van der Waals surface area contributed by atoms with Crippen molar-refractivity contribution in [2.45, 2.75) is 32.7 Å². The van der Waals surface area contributed by atoms with Crippen LogP contribution in [0.2, 0.25) is 5.02 Å². The Kier molecular flexibility index (Phi) is 5.77. The predicted molar refractivity (Wildman–Crippen MR) is 87.3 cm³/mol. The third-order valence-corrected chi connectivity index (χ3v) is 3.85. The Bertz CT molecular complexity index is 580. The van der Waals surface area contributed by atoms with Crippen molar-refractivity contribution in [3.05, 3.63) is 70.0 Å². The van der Waals surface area contributed by atoms with Gasteiger partial charge in [0, 0.05) is 11.1 Å². The molecule has 0 spiro atoms. The number of benzene rings is 2. The highest BCUT2D eigenvalue weighted by Crippen LogP contribution is 2.25. The van der Waals surface area contributed by atoms with Gasteiger partial charge < -0.3 is 5.32 Å². The molecule has 0 aliphatic rings. The number of hydrogen-bond donors (Lipinski definition) is 1. The van der Waals surface area contributed by atoms with Gasteiger partial charge in [0.15, 0.2) is 0 Å². The van der Waals surface area contributed by atoms with Crippen LogP contribution in [0.4, 0.5) is 4.39 Å². The molecular formula is C18H21ClFN. The van der Waals surface area contributed by atoms with E-state index in [4.69, 9.17) is 11.6 Å². The maximum absolute atomic E-state index is 13.0. The largest absolute Gasteiger partial charge is 0.310 e. The van der Waals surface area contributed by atoms with Crippen LogP contribution in [0.25, 0.3) is 0 Å². The number of nitrogens with one attached hydrogen (secondary N) is 1. The van der Waals surface area contributed by atoms with E-state index in [1.807, 2.05) is 30.3 Å². The van der Waals surface area contributed by atoms with Gasteiger partial charge in [0.1, 0.15) is 5.82 Å². The highest BCUT2D eigenvalue weighted by Gasteiger charge is 2.14. The molecule has 1 nitrogen and oxygen atoms in total. The Labute approximate surface area is 131 Å². The highest BCUT2D eigenvalue weighted by atomic mass is 35.5. The lowest BCUT2D eigenvalue weighted by Crippen LogP contribution is -2.24. The number of halogens is 2. The van der Waals surface area contributed by atoms with E-state index in [2.05, 4.69) is 19.2 Å². The first-order valence-corrected chi connectivity index (χ1v) is 7.72. The fourth-order valence-electron chi connectivity index (χ4n) is 2.45. The van der Waals surface area contributed by atoms with Crippen molar-refractivity contribution in [2.75, 3.05) is 6.54 Å². The summed E-state index contributed by atoms with van der Waals surface area (Å²) in [5.41, 5.74) is 3.54. The average molecular weight is 306 g/mol. The van der Waals surface area contributed by atoms with Crippen LogP contribution in [0.3, 0.4) is 0 Å². The van der Waals surface area contributed by atoms with E-state index in [-0.39, 0.29) is 11.9 Å². The van der Waals surface area contributed by atoms with E-state index in [1.165, 1.54) is 23.3 Å². The molecule has 0 saturated heterocycles. The number of rotatable bonds is 6. The zero-order chi connectivity index (χ0) is 15.2. The van der Waals surface area contributed by atoms with Crippen molar-refractivity contribution < 1.29 is 4.39 Å². The molecule has 1 unspecified atom stereocenters. The average Bonchev–Trinajstić information content (AvgIpc) is 2.48. The molecule has 0 aromatic heterocycles. The Hall–Kier alpha value is -1.38. The van der Waals surface area contributed by atoms with Gasteiger partial charge >= 0.3 is 0 Å². The van der Waals surface area contributed by atoms with Gasteiger partial charge in [-0.05, 0) is 67.3 Å². The summed E-state index contributed by atoms with van der Waals surface area (Å²) in [5.74, 6) is -0.198. The third-order valence-electron chi connectivity index (χ3n) is 3.61. The van der Waals surface area contributed by atoms with E-state index in [1.54, 1.807) is 0 Å². The minimum Gasteiger partial charge on any atom is -0.310 e. The number of hydrogen-bond acceptors (Lipinski definition) is 1. The molecule has 112 valence electrons. The predicted octanol–water partition coefficient (Wildman–Crippen LogP) is 5.07. The Balaban J connectivity index is 2.25. The first-order valence-electron chi connectivity index (χ1n) is 7.34. The van der Waals surface area contributed by atoms with Crippen LogP contribution in [0.1, 0.15) is 36.1 Å². The summed E-state index contributed by atoms with van der Waals surface area (Å²) in [6.45, 7) is 5.18. The molecule has 1 N–H and O–H groups in total. The third kappa shape index (κ3) is 4.55. The molecule has 0 heterocycles. The normalized spacial score (nSPS) is 12.4. The molecule has 0 aliphatic heterocycles. The van der Waals surface area contributed by atoms with Crippen molar-refractivity contribution in [1.82, 2.24) is 5.32 Å². The lowest BCUT2D eigenvalue weighted by Gasteiger charge is -2.21. The van der Waals surface area contributed by atoms with Crippen molar-refractivity contribution >= 4 is 11.6 Å². The van der Waals surface area contributed by atoms with Crippen LogP contribution in [0.15, 0.2) is 42.5 Å². The molecular weight excluding hydrogens is 285 g/mol. The van der Waals surface area contributed by atoms with E-state index < -0.39 is 0 Å². The number of aryl methyl sites for hydroxylation is 1. The highest BCUT2D eigenvalue weighted by molar-refractivity contribution is 6.30. The zero-order valence-corrected chi connectivity index (χ0v) is 13.3. The summed E-state index contributed by atoms with van der Waals surface area (Å²) in [4.78, 5) is 0. The summed E-state index contributed by atoms with van der Waals surface area (Å²) >= 11 is 6.14. The molecule has 0 radical (unpaired) electrons. The van der Waals surface area contributed by atoms with E-state index in [0.717, 1.165) is 30.0 Å². The van der Waals surface area contributed by atoms with Gasteiger partial charge in [0.2, 0.25) is 0 Å². The molecule has 0 amide bonds. The minimum atomic E-state index is -0.198. The summed E-state index contributed by atoms with van der Waals surface area (Å²) in [7, 11) is 0. The molecule has 21 heavy (non-hydrogen) atoms. The van der Waals surface area contributed by atoms with Crippen LogP contribution in [-0.2, 0) is 6.42 Å². The van der Waals surface area contributed by atoms with Crippen LogP contribution in [0.5, 0.6) is 0 Å². The second kappa shape index (κ2) is 7.58. The van der Waals surface area contributed by atoms with Gasteiger partial charge in [-0.1, -0.05) is 36.7 Å². The summed E-state index contributed by atoms with van der Waals surface area (Å²) < 4.78 is 13.0. The van der Waals surface area contributed by atoms with Crippen molar-refractivity contribution in [3.63, 3.8) is 0 Å². The van der Waals surface area contributed by atoms with Gasteiger partial charge in [-0.15, -0.1) is 0 Å². The molecule has 2 rings (SSSR count). The molecule has 2 aromatic rings. The van der Waals surface area contributed by atoms with Gasteiger partial charge in [0.05, 0.1) is 0 Å². The van der Waals surface area contributed by atoms with Crippen molar-refractivity contribution in [3.8, 4) is 0 Å². The molecule has 3 heteroatoms. The summed E-state index contributed by atoms with van der Waals surface area (Å²) in [5, 5.41) is 4.31. The Morgan fingerprint density at radius 3 is 2.52 bits per heavy atom. The molecule has 0 bridgehead atoms. The monoisotopic (exact) mass is 305 g/mol. The van der Waals surface area contributed by atoms with E-state index in [0.29, 0.717) is 0 Å². The van der Waals surface area contributed by atoms with Crippen molar-refractivity contribution in [1.29, 1.82) is 0 Å². The minimum absolute atomic E-state index is 0.189. The maximum atomic E-state index is 13.0. The standard InChI is InChI=1S/C18H21ClFN/c1-3-10-21-18(11-14-5-8-16(20)9-6-14)17-12-15(19)7-4-13(17)2/h4-9,12,18,21H,3,10-11H2,1-2H3. The lowest BCUT2D eigenvalue weighted by atomic mass is 9.95. The van der Waals surface area contributed by atoms with Crippen molar-refractivity contribution in [2.24, 2.45) is 0 Å². The van der Waals surface area contributed by atoms with Gasteiger partial charge in [-0.25, -0.2) is 4.39 Å². The van der Waals surface area contributed by atoms with Gasteiger partial charge in [-0.2, -0.15) is 0 Å². The smallest absolute Gasteiger partial charge is 0.123 e. The fraction of sp³-hybridized carbons (Fsp3) is 0.333. The summed E-state index contributed by atoms with van der Waals surface area (Å²) in [6, 6.07) is 12.9. The second-order valence-corrected chi connectivity index (χ2v) is 5.77. The summed E-state index contributed by atoms with van der Waals surface area (Å²) in [6.07, 6.45) is 1.89. The first-order chi connectivity index (χ1) is 10.1. The SMILES string of the molecule is CCCNC(Cc1ccc(F)cc1)c1cc(Cl)ccc1C. The molecule has 1 atom stereocenters. The molecule has 0 fully saturated rings. The zero-order valence-electron chi connectivity index (χ0n) is 12.5. The van der Waals surface area contributed by atoms with Crippen LogP contribution in [-0.4, -0.2) is 6.54 Å². The first kappa shape index (κ1) is 16.0. The lowest BCUT2D eigenvalue weighted by molar-refractivity contribution is 0.526.